The van der Waals surface area contributed by atoms with Crippen molar-refractivity contribution in [3.8, 4) is 0 Å². The number of carbonyl (C=O) groups excluding carboxylic acids is 2. The molecular formula is C16H25KO4. The first kappa shape index (κ1) is 19.4. The van der Waals surface area contributed by atoms with Crippen LogP contribution in [-0.4, -0.2) is 24.1 Å². The third-order valence-corrected chi connectivity index (χ3v) is 4.03. The van der Waals surface area contributed by atoms with Crippen LogP contribution in [0.3, 0.4) is 0 Å². The van der Waals surface area contributed by atoms with Crippen LogP contribution in [-0.2, 0) is 19.1 Å². The van der Waals surface area contributed by atoms with Crippen LogP contribution in [0.4, 0.5) is 0 Å². The van der Waals surface area contributed by atoms with Gasteiger partial charge in [-0.15, -0.1) is 0 Å². The van der Waals surface area contributed by atoms with Crippen molar-refractivity contribution in [2.75, 3.05) is 0 Å². The van der Waals surface area contributed by atoms with E-state index in [0.29, 0.717) is 0 Å². The van der Waals surface area contributed by atoms with Gasteiger partial charge >= 0.3 is 63.3 Å². The number of carbonyl (C=O) groups is 2. The molecule has 0 amide bonds. The Morgan fingerprint density at radius 3 is 1.38 bits per heavy atom. The number of ether oxygens (including phenoxy) is 2. The Balaban J connectivity index is 0.00000220. The largest absolute Gasteiger partial charge is 1.00 e. The molecule has 0 heterocycles. The van der Waals surface area contributed by atoms with Gasteiger partial charge in [0, 0.05) is 12.2 Å². The van der Waals surface area contributed by atoms with Crippen molar-refractivity contribution in [1.29, 1.82) is 0 Å². The van der Waals surface area contributed by atoms with Crippen molar-refractivity contribution in [1.82, 2.24) is 0 Å². The number of esters is 2. The third-order valence-electron chi connectivity index (χ3n) is 4.03. The summed E-state index contributed by atoms with van der Waals surface area (Å²) in [6.07, 6.45) is 13.1. The molecule has 0 radical (unpaired) electrons. The van der Waals surface area contributed by atoms with Gasteiger partial charge in [0.1, 0.15) is 12.2 Å². The predicted octanol–water partition coefficient (Wildman–Crippen LogP) is 0.411. The van der Waals surface area contributed by atoms with Crippen LogP contribution < -0.4 is 51.4 Å². The molecule has 2 fully saturated rings. The average Bonchev–Trinajstić information content (AvgIpc) is 2.47. The SMILES string of the molecule is O=C(/C=C\C(=O)OC1CCCCC1)OC1CCCCC1.[H-].[K+]. The van der Waals surface area contributed by atoms with Crippen molar-refractivity contribution in [3.63, 3.8) is 0 Å². The average molecular weight is 320 g/mol. The van der Waals surface area contributed by atoms with Crippen LogP contribution >= 0.6 is 0 Å². The molecule has 2 aliphatic rings. The van der Waals surface area contributed by atoms with Crippen LogP contribution in [0, 0.1) is 0 Å². The van der Waals surface area contributed by atoms with E-state index in [4.69, 9.17) is 9.47 Å². The molecule has 114 valence electrons. The van der Waals surface area contributed by atoms with Gasteiger partial charge in [0.2, 0.25) is 0 Å². The topological polar surface area (TPSA) is 52.6 Å². The van der Waals surface area contributed by atoms with Crippen LogP contribution in [0.2, 0.25) is 0 Å². The van der Waals surface area contributed by atoms with Gasteiger partial charge in [0.25, 0.3) is 0 Å². The van der Waals surface area contributed by atoms with Gasteiger partial charge < -0.3 is 10.9 Å². The summed E-state index contributed by atoms with van der Waals surface area (Å²) < 4.78 is 10.6. The summed E-state index contributed by atoms with van der Waals surface area (Å²) in [5.74, 6) is -0.866. The van der Waals surface area contributed by atoms with Gasteiger partial charge in [-0.05, 0) is 51.4 Å². The second-order valence-electron chi connectivity index (χ2n) is 5.73. The molecule has 0 N–H and O–H groups in total. The van der Waals surface area contributed by atoms with Crippen molar-refractivity contribution < 1.29 is 71.9 Å². The van der Waals surface area contributed by atoms with Gasteiger partial charge in [-0.2, -0.15) is 0 Å². The molecule has 5 heteroatoms. The first-order chi connectivity index (χ1) is 9.74. The summed E-state index contributed by atoms with van der Waals surface area (Å²) in [6.45, 7) is 0. The zero-order valence-electron chi connectivity index (χ0n) is 14.0. The molecule has 2 aliphatic carbocycles. The first-order valence-electron chi connectivity index (χ1n) is 7.83. The number of hydrogen-bond acceptors (Lipinski definition) is 4. The minimum atomic E-state index is -0.433. The summed E-state index contributed by atoms with van der Waals surface area (Å²) in [5.41, 5.74) is 0. The van der Waals surface area contributed by atoms with Gasteiger partial charge in [-0.1, -0.05) is 12.8 Å². The van der Waals surface area contributed by atoms with Crippen molar-refractivity contribution >= 4 is 11.9 Å². The maximum absolute atomic E-state index is 11.6. The van der Waals surface area contributed by atoms with Crippen LogP contribution in [0.15, 0.2) is 12.2 Å². The van der Waals surface area contributed by atoms with E-state index in [1.54, 1.807) is 0 Å². The fourth-order valence-electron chi connectivity index (χ4n) is 2.91. The molecule has 21 heavy (non-hydrogen) atoms. The molecule has 2 saturated carbocycles. The van der Waals surface area contributed by atoms with E-state index in [1.165, 1.54) is 25.0 Å². The Bertz CT molecular complexity index is 327. The molecule has 0 aliphatic heterocycles. The summed E-state index contributed by atoms with van der Waals surface area (Å²) in [7, 11) is 0. The maximum Gasteiger partial charge on any atom is 1.00 e. The monoisotopic (exact) mass is 320 g/mol. The second-order valence-corrected chi connectivity index (χ2v) is 5.73. The van der Waals surface area contributed by atoms with Gasteiger partial charge in [-0.3, -0.25) is 0 Å². The quantitative estimate of drug-likeness (QED) is 0.428. The predicted molar refractivity (Wildman–Crippen MR) is 76.2 cm³/mol. The molecular weight excluding hydrogens is 295 g/mol. The zero-order valence-corrected chi connectivity index (χ0v) is 16.1. The Kier molecular flexibility index (Phi) is 10.1. The van der Waals surface area contributed by atoms with Gasteiger partial charge in [0.15, 0.2) is 0 Å². The smallest absolute Gasteiger partial charge is 1.00 e. The van der Waals surface area contributed by atoms with Crippen LogP contribution in [0.5, 0.6) is 0 Å². The second kappa shape index (κ2) is 10.9. The Morgan fingerprint density at radius 2 is 1.05 bits per heavy atom. The van der Waals surface area contributed by atoms with Crippen molar-refractivity contribution in [2.24, 2.45) is 0 Å². The van der Waals surface area contributed by atoms with Crippen LogP contribution in [0.1, 0.15) is 65.6 Å². The van der Waals surface area contributed by atoms with Gasteiger partial charge in [-0.25, -0.2) is 9.59 Å². The fraction of sp³-hybridized carbons (Fsp3) is 0.750. The molecule has 0 aromatic heterocycles. The van der Waals surface area contributed by atoms with E-state index in [2.05, 4.69) is 0 Å². The zero-order chi connectivity index (χ0) is 14.2. The third kappa shape index (κ3) is 7.93. The Labute approximate surface area is 170 Å². The minimum absolute atomic E-state index is 0. The first-order valence-corrected chi connectivity index (χ1v) is 7.83. The fourth-order valence-corrected chi connectivity index (χ4v) is 2.91. The van der Waals surface area contributed by atoms with E-state index in [9.17, 15) is 9.59 Å². The molecule has 0 unspecified atom stereocenters. The number of hydrogen-bond donors (Lipinski definition) is 0. The molecule has 0 aromatic rings. The summed E-state index contributed by atoms with van der Waals surface area (Å²) in [4.78, 5) is 23.2. The van der Waals surface area contributed by atoms with E-state index in [0.717, 1.165) is 51.4 Å². The normalized spacial score (nSPS) is 20.8. The molecule has 2 rings (SSSR count). The van der Waals surface area contributed by atoms with E-state index < -0.39 is 11.9 Å². The van der Waals surface area contributed by atoms with E-state index in [1.807, 2.05) is 0 Å². The molecule has 0 saturated heterocycles. The molecule has 0 spiro atoms. The Hall–Kier alpha value is 0.316. The van der Waals surface area contributed by atoms with Crippen molar-refractivity contribution in [3.05, 3.63) is 12.2 Å². The van der Waals surface area contributed by atoms with Crippen LogP contribution in [0.25, 0.3) is 0 Å². The molecule has 0 atom stereocenters. The minimum Gasteiger partial charge on any atom is -1.00 e. The Morgan fingerprint density at radius 1 is 0.714 bits per heavy atom. The number of rotatable bonds is 4. The van der Waals surface area contributed by atoms with Gasteiger partial charge in [0.05, 0.1) is 0 Å². The summed E-state index contributed by atoms with van der Waals surface area (Å²) >= 11 is 0. The summed E-state index contributed by atoms with van der Waals surface area (Å²) in [6, 6.07) is 0. The molecule has 0 aromatic carbocycles. The summed E-state index contributed by atoms with van der Waals surface area (Å²) in [5, 5.41) is 0. The van der Waals surface area contributed by atoms with E-state index >= 15 is 0 Å². The van der Waals surface area contributed by atoms with E-state index in [-0.39, 0.29) is 65.0 Å². The molecule has 0 bridgehead atoms. The van der Waals surface area contributed by atoms with Crippen molar-refractivity contribution in [2.45, 2.75) is 76.4 Å². The maximum atomic E-state index is 11.6. The molecule has 4 nitrogen and oxygen atoms in total. The standard InChI is InChI=1S/C16H24O4.K.H/c17-15(19-13-7-3-1-4-8-13)11-12-16(18)20-14-9-5-2-6-10-14;;/h11-14H,1-10H2;;/q;+1;-1/b12-11-;;.